The van der Waals surface area contributed by atoms with Gasteiger partial charge in [0.25, 0.3) is 5.91 Å². The Morgan fingerprint density at radius 2 is 1.65 bits per heavy atom. The molecule has 0 aromatic carbocycles. The van der Waals surface area contributed by atoms with E-state index in [1.807, 2.05) is 19.0 Å². The van der Waals surface area contributed by atoms with E-state index in [4.69, 9.17) is 9.47 Å². The van der Waals surface area contributed by atoms with E-state index in [1.165, 1.54) is 18.5 Å². The van der Waals surface area contributed by atoms with E-state index in [0.29, 0.717) is 26.2 Å². The zero-order chi connectivity index (χ0) is 17.3. The van der Waals surface area contributed by atoms with Gasteiger partial charge in [-0.25, -0.2) is 8.42 Å². The maximum Gasteiger partial charge on any atom is 0.279 e. The van der Waals surface area contributed by atoms with Crippen LogP contribution >= 0.6 is 0 Å². The van der Waals surface area contributed by atoms with Crippen molar-refractivity contribution < 1.29 is 22.7 Å². The second-order valence-electron chi connectivity index (χ2n) is 6.40. The molecular weight excluding hydrogens is 322 g/mol. The average Bonchev–Trinajstić information content (AvgIpc) is 3.29. The van der Waals surface area contributed by atoms with E-state index in [1.54, 1.807) is 4.90 Å². The Hall–Kier alpha value is -0.740. The lowest BCUT2D eigenvalue weighted by molar-refractivity contribution is -0.171. The normalized spacial score (nSPS) is 21.9. The monoisotopic (exact) mass is 349 g/mol. The van der Waals surface area contributed by atoms with Gasteiger partial charge in [-0.2, -0.15) is 4.31 Å². The number of hydrogen-bond acceptors (Lipinski definition) is 6. The molecule has 23 heavy (non-hydrogen) atoms. The van der Waals surface area contributed by atoms with Crippen LogP contribution in [0.5, 0.6) is 0 Å². The summed E-state index contributed by atoms with van der Waals surface area (Å²) in [6.45, 7) is 1.35. The van der Waals surface area contributed by atoms with Crippen molar-refractivity contribution in [3.63, 3.8) is 0 Å². The molecule has 1 heterocycles. The fourth-order valence-electron chi connectivity index (χ4n) is 2.93. The van der Waals surface area contributed by atoms with Crippen molar-refractivity contribution in [2.45, 2.75) is 24.7 Å². The van der Waals surface area contributed by atoms with Gasteiger partial charge in [0.2, 0.25) is 16.3 Å². The minimum Gasteiger partial charge on any atom is -0.348 e. The maximum absolute atomic E-state index is 12.6. The Morgan fingerprint density at radius 3 is 2.04 bits per heavy atom. The van der Waals surface area contributed by atoms with Crippen LogP contribution < -0.4 is 0 Å². The standard InChI is InChI=1S/C14H27N3O5S/c1-15(2)14(5-6-14)11-23(19,20)17-9-7-16(8-10-17)12(18)13(21-3)22-4/h13H,5-11H2,1-4H3. The van der Waals surface area contributed by atoms with Gasteiger partial charge in [0.1, 0.15) is 0 Å². The Labute approximate surface area is 138 Å². The van der Waals surface area contributed by atoms with Crippen LogP contribution in [-0.4, -0.2) is 101 Å². The molecule has 1 saturated heterocycles. The van der Waals surface area contributed by atoms with Gasteiger partial charge in [0.15, 0.2) is 0 Å². The molecule has 1 aliphatic heterocycles. The van der Waals surface area contributed by atoms with Crippen LogP contribution in [0.2, 0.25) is 0 Å². The molecule has 2 aliphatic rings. The number of carbonyl (C=O) groups excluding carboxylic acids is 1. The van der Waals surface area contributed by atoms with Crippen LogP contribution in [0, 0.1) is 0 Å². The molecule has 0 unspecified atom stereocenters. The molecule has 0 aromatic rings. The van der Waals surface area contributed by atoms with Crippen molar-refractivity contribution in [3.05, 3.63) is 0 Å². The van der Waals surface area contributed by atoms with Gasteiger partial charge in [0.05, 0.1) is 5.75 Å². The highest BCUT2D eigenvalue weighted by atomic mass is 32.2. The van der Waals surface area contributed by atoms with Gasteiger partial charge in [0, 0.05) is 45.9 Å². The van der Waals surface area contributed by atoms with Gasteiger partial charge in [-0.1, -0.05) is 0 Å². The van der Waals surface area contributed by atoms with Gasteiger partial charge in [-0.15, -0.1) is 0 Å². The molecule has 2 fully saturated rings. The highest BCUT2D eigenvalue weighted by Crippen LogP contribution is 2.41. The van der Waals surface area contributed by atoms with Crippen molar-refractivity contribution in [1.82, 2.24) is 14.1 Å². The summed E-state index contributed by atoms with van der Waals surface area (Å²) < 4.78 is 36.6. The highest BCUT2D eigenvalue weighted by molar-refractivity contribution is 7.89. The molecular formula is C14H27N3O5S. The van der Waals surface area contributed by atoms with Crippen LogP contribution in [0.15, 0.2) is 0 Å². The molecule has 0 atom stereocenters. The topological polar surface area (TPSA) is 79.4 Å². The van der Waals surface area contributed by atoms with Crippen LogP contribution in [-0.2, 0) is 24.3 Å². The summed E-state index contributed by atoms with van der Waals surface area (Å²) in [5.74, 6) is -0.112. The molecule has 1 aliphatic carbocycles. The summed E-state index contributed by atoms with van der Waals surface area (Å²) in [6.07, 6.45) is 0.906. The molecule has 0 aromatic heterocycles. The first kappa shape index (κ1) is 18.6. The summed E-state index contributed by atoms with van der Waals surface area (Å²) >= 11 is 0. The predicted octanol–water partition coefficient (Wildman–Crippen LogP) is -0.826. The number of hydrogen-bond donors (Lipinski definition) is 0. The summed E-state index contributed by atoms with van der Waals surface area (Å²) in [7, 11) is 3.35. The number of carbonyl (C=O) groups is 1. The Kier molecular flexibility index (Phi) is 5.68. The molecule has 134 valence electrons. The van der Waals surface area contributed by atoms with Crippen LogP contribution in [0.4, 0.5) is 0 Å². The molecule has 8 nitrogen and oxygen atoms in total. The number of methoxy groups -OCH3 is 2. The Morgan fingerprint density at radius 1 is 1.13 bits per heavy atom. The summed E-state index contributed by atoms with van der Waals surface area (Å²) in [6, 6.07) is 0. The zero-order valence-corrected chi connectivity index (χ0v) is 15.1. The van der Waals surface area contributed by atoms with Gasteiger partial charge in [-0.05, 0) is 26.9 Å². The molecule has 1 amide bonds. The Bertz CT molecular complexity index is 521. The quantitative estimate of drug-likeness (QED) is 0.559. The van der Waals surface area contributed by atoms with E-state index < -0.39 is 16.3 Å². The number of nitrogens with zero attached hydrogens (tertiary/aromatic N) is 3. The lowest BCUT2D eigenvalue weighted by Gasteiger charge is -2.36. The minimum absolute atomic E-state index is 0.152. The predicted molar refractivity (Wildman–Crippen MR) is 85.4 cm³/mol. The fourth-order valence-corrected chi connectivity index (χ4v) is 5.06. The van der Waals surface area contributed by atoms with Gasteiger partial charge in [-0.3, -0.25) is 4.79 Å². The third-order valence-corrected chi connectivity index (χ3v) is 6.85. The molecule has 1 saturated carbocycles. The molecule has 0 N–H and O–H groups in total. The van der Waals surface area contributed by atoms with Crippen LogP contribution in [0.3, 0.4) is 0 Å². The Balaban J connectivity index is 1.92. The van der Waals surface area contributed by atoms with Crippen molar-refractivity contribution in [2.24, 2.45) is 0 Å². The van der Waals surface area contributed by atoms with Crippen LogP contribution in [0.1, 0.15) is 12.8 Å². The lowest BCUT2D eigenvalue weighted by Crippen LogP contribution is -2.55. The second-order valence-corrected chi connectivity index (χ2v) is 8.37. The molecule has 2 rings (SSSR count). The van der Waals surface area contributed by atoms with E-state index in [2.05, 4.69) is 0 Å². The second kappa shape index (κ2) is 7.02. The summed E-state index contributed by atoms with van der Waals surface area (Å²) in [5, 5.41) is 0. The maximum atomic E-state index is 12.6. The zero-order valence-electron chi connectivity index (χ0n) is 14.3. The van der Waals surface area contributed by atoms with E-state index in [0.717, 1.165) is 12.8 Å². The summed E-state index contributed by atoms with van der Waals surface area (Å²) in [4.78, 5) is 15.7. The van der Waals surface area contributed by atoms with Gasteiger partial charge >= 0.3 is 0 Å². The number of ether oxygens (including phenoxy) is 2. The molecule has 9 heteroatoms. The van der Waals surface area contributed by atoms with Gasteiger partial charge < -0.3 is 19.3 Å². The van der Waals surface area contributed by atoms with Crippen molar-refractivity contribution in [1.29, 1.82) is 0 Å². The summed E-state index contributed by atoms with van der Waals surface area (Å²) in [5.41, 5.74) is -0.205. The SMILES string of the molecule is COC(OC)C(=O)N1CCN(S(=O)(=O)CC2(N(C)C)CC2)CC1. The number of sulfonamides is 1. The van der Waals surface area contributed by atoms with Crippen molar-refractivity contribution in [3.8, 4) is 0 Å². The van der Waals surface area contributed by atoms with E-state index in [-0.39, 0.29) is 17.2 Å². The number of piperazine rings is 1. The third-order valence-electron chi connectivity index (χ3n) is 4.80. The minimum atomic E-state index is -3.31. The number of amides is 1. The third kappa shape index (κ3) is 4.03. The molecule has 0 bridgehead atoms. The van der Waals surface area contributed by atoms with E-state index >= 15 is 0 Å². The first-order valence-electron chi connectivity index (χ1n) is 7.75. The van der Waals surface area contributed by atoms with E-state index in [9.17, 15) is 13.2 Å². The fraction of sp³-hybridized carbons (Fsp3) is 0.929. The largest absolute Gasteiger partial charge is 0.348 e. The first-order chi connectivity index (χ1) is 10.8. The van der Waals surface area contributed by atoms with Crippen molar-refractivity contribution in [2.75, 3.05) is 60.2 Å². The molecule has 0 spiro atoms. The average molecular weight is 349 g/mol. The molecule has 0 radical (unpaired) electrons. The van der Waals surface area contributed by atoms with Crippen LogP contribution in [0.25, 0.3) is 0 Å². The van der Waals surface area contributed by atoms with Crippen molar-refractivity contribution >= 4 is 15.9 Å². The first-order valence-corrected chi connectivity index (χ1v) is 9.36. The smallest absolute Gasteiger partial charge is 0.279 e. The number of rotatable bonds is 7. The lowest BCUT2D eigenvalue weighted by atomic mass is 10.3. The highest BCUT2D eigenvalue weighted by Gasteiger charge is 2.49.